The first-order chi connectivity index (χ1) is 9.79. The molecule has 1 fully saturated rings. The molecule has 4 N–H and O–H groups in total. The van der Waals surface area contributed by atoms with Crippen molar-refractivity contribution in [3.63, 3.8) is 0 Å². The largest absolute Gasteiger partial charge is 0.396 e. The van der Waals surface area contributed by atoms with Crippen LogP contribution in [0.15, 0.2) is 0 Å². The van der Waals surface area contributed by atoms with E-state index in [-0.39, 0.29) is 24.5 Å². The van der Waals surface area contributed by atoms with Crippen LogP contribution < -0.4 is 10.6 Å². The van der Waals surface area contributed by atoms with Gasteiger partial charge in [0.1, 0.15) is 0 Å². The van der Waals surface area contributed by atoms with E-state index in [2.05, 4.69) is 20.8 Å². The molecule has 1 aromatic rings. The molecule has 0 spiro atoms. The van der Waals surface area contributed by atoms with Gasteiger partial charge >= 0.3 is 0 Å². The standard InChI is InChI=1S/C14H22N4O2/c19-8-9-3-1-2-4-11(9)16-14(20)13-10-7-15-6-5-12(10)17-18-13/h9,11,15,19H,1-8H2,(H,16,20)(H,17,18). The van der Waals surface area contributed by atoms with E-state index in [0.717, 1.165) is 49.9 Å². The van der Waals surface area contributed by atoms with E-state index in [1.807, 2.05) is 0 Å². The highest BCUT2D eigenvalue weighted by atomic mass is 16.3. The second-order valence-corrected chi connectivity index (χ2v) is 5.76. The van der Waals surface area contributed by atoms with Crippen LogP contribution in [0.4, 0.5) is 0 Å². The summed E-state index contributed by atoms with van der Waals surface area (Å²) < 4.78 is 0. The SMILES string of the molecule is O=C(NC1CCCCC1CO)c1n[nH]c2c1CNCC2. The third-order valence-electron chi connectivity index (χ3n) is 4.48. The summed E-state index contributed by atoms with van der Waals surface area (Å²) in [5, 5.41) is 22.9. The van der Waals surface area contributed by atoms with Crippen LogP contribution in [0, 0.1) is 5.92 Å². The molecule has 20 heavy (non-hydrogen) atoms. The predicted octanol–water partition coefficient (Wildman–Crippen LogP) is 0.336. The Morgan fingerprint density at radius 2 is 2.25 bits per heavy atom. The van der Waals surface area contributed by atoms with Crippen molar-refractivity contribution in [2.75, 3.05) is 13.2 Å². The fourth-order valence-electron chi connectivity index (χ4n) is 3.27. The first-order valence-corrected chi connectivity index (χ1v) is 7.48. The van der Waals surface area contributed by atoms with Crippen LogP contribution in [0.3, 0.4) is 0 Å². The van der Waals surface area contributed by atoms with Crippen LogP contribution in [-0.2, 0) is 13.0 Å². The van der Waals surface area contributed by atoms with Crippen LogP contribution in [0.1, 0.15) is 47.4 Å². The van der Waals surface area contributed by atoms with Gasteiger partial charge in [-0.1, -0.05) is 12.8 Å². The number of aromatic amines is 1. The molecule has 110 valence electrons. The number of carbonyl (C=O) groups is 1. The van der Waals surface area contributed by atoms with E-state index in [1.165, 1.54) is 0 Å². The minimum atomic E-state index is -0.114. The molecule has 0 saturated heterocycles. The molecule has 2 atom stereocenters. The highest BCUT2D eigenvalue weighted by Crippen LogP contribution is 2.24. The van der Waals surface area contributed by atoms with Crippen molar-refractivity contribution in [2.45, 2.75) is 44.7 Å². The Bertz CT molecular complexity index is 486. The van der Waals surface area contributed by atoms with Gasteiger partial charge in [-0.3, -0.25) is 9.89 Å². The summed E-state index contributed by atoms with van der Waals surface area (Å²) in [4.78, 5) is 12.4. The van der Waals surface area contributed by atoms with E-state index >= 15 is 0 Å². The Morgan fingerprint density at radius 3 is 3.10 bits per heavy atom. The first-order valence-electron chi connectivity index (χ1n) is 7.48. The van der Waals surface area contributed by atoms with E-state index in [4.69, 9.17) is 0 Å². The van der Waals surface area contributed by atoms with Gasteiger partial charge in [0.15, 0.2) is 5.69 Å². The zero-order valence-electron chi connectivity index (χ0n) is 11.6. The van der Waals surface area contributed by atoms with Gasteiger partial charge in [0.25, 0.3) is 5.91 Å². The molecular weight excluding hydrogens is 256 g/mol. The van der Waals surface area contributed by atoms with Gasteiger partial charge in [0, 0.05) is 49.3 Å². The zero-order chi connectivity index (χ0) is 13.9. The quantitative estimate of drug-likeness (QED) is 0.641. The number of H-pyrrole nitrogens is 1. The number of rotatable bonds is 3. The van der Waals surface area contributed by atoms with Crippen molar-refractivity contribution < 1.29 is 9.90 Å². The number of aromatic nitrogens is 2. The lowest BCUT2D eigenvalue weighted by Gasteiger charge is -2.30. The number of carbonyl (C=O) groups excluding carboxylic acids is 1. The van der Waals surface area contributed by atoms with Gasteiger partial charge in [0.05, 0.1) is 0 Å². The number of aliphatic hydroxyl groups is 1. The Balaban J connectivity index is 1.71. The second kappa shape index (κ2) is 5.93. The maximum Gasteiger partial charge on any atom is 0.272 e. The highest BCUT2D eigenvalue weighted by Gasteiger charge is 2.28. The molecule has 1 saturated carbocycles. The summed E-state index contributed by atoms with van der Waals surface area (Å²) in [6.45, 7) is 1.76. The van der Waals surface area contributed by atoms with Crippen LogP contribution in [0.25, 0.3) is 0 Å². The molecule has 3 rings (SSSR count). The van der Waals surface area contributed by atoms with Gasteiger partial charge in [-0.25, -0.2) is 0 Å². The Labute approximate surface area is 118 Å². The number of aliphatic hydroxyl groups excluding tert-OH is 1. The van der Waals surface area contributed by atoms with Gasteiger partial charge in [-0.15, -0.1) is 0 Å². The minimum absolute atomic E-state index is 0.0742. The monoisotopic (exact) mass is 278 g/mol. The van der Waals surface area contributed by atoms with Crippen molar-refractivity contribution >= 4 is 5.91 Å². The molecule has 1 aliphatic heterocycles. The van der Waals surface area contributed by atoms with Crippen molar-refractivity contribution in [1.82, 2.24) is 20.8 Å². The van der Waals surface area contributed by atoms with Gasteiger partial charge in [-0.2, -0.15) is 5.10 Å². The molecule has 0 aromatic carbocycles. The van der Waals surface area contributed by atoms with E-state index < -0.39 is 0 Å². The fourth-order valence-corrected chi connectivity index (χ4v) is 3.27. The minimum Gasteiger partial charge on any atom is -0.396 e. The predicted molar refractivity (Wildman–Crippen MR) is 74.3 cm³/mol. The number of fused-ring (bicyclic) bond motifs is 1. The second-order valence-electron chi connectivity index (χ2n) is 5.76. The average Bonchev–Trinajstić information content (AvgIpc) is 2.92. The van der Waals surface area contributed by atoms with Gasteiger partial charge in [-0.05, 0) is 12.8 Å². The molecule has 1 aromatic heterocycles. The number of hydrogen-bond acceptors (Lipinski definition) is 4. The van der Waals surface area contributed by atoms with Crippen LogP contribution in [0.2, 0.25) is 0 Å². The molecular formula is C14H22N4O2. The Hall–Kier alpha value is -1.40. The van der Waals surface area contributed by atoms with Crippen molar-refractivity contribution in [2.24, 2.45) is 5.92 Å². The van der Waals surface area contributed by atoms with Gasteiger partial charge in [0.2, 0.25) is 0 Å². The summed E-state index contributed by atoms with van der Waals surface area (Å²) in [7, 11) is 0. The van der Waals surface area contributed by atoms with Crippen LogP contribution in [0.5, 0.6) is 0 Å². The number of hydrogen-bond donors (Lipinski definition) is 4. The molecule has 6 nitrogen and oxygen atoms in total. The topological polar surface area (TPSA) is 90.0 Å². The van der Waals surface area contributed by atoms with Crippen molar-refractivity contribution in [3.05, 3.63) is 17.0 Å². The number of amides is 1. The summed E-state index contributed by atoms with van der Waals surface area (Å²) in [5.74, 6) is 0.0668. The summed E-state index contributed by atoms with van der Waals surface area (Å²) in [6.07, 6.45) is 5.07. The molecule has 1 aliphatic carbocycles. The molecule has 0 bridgehead atoms. The smallest absolute Gasteiger partial charge is 0.272 e. The lowest BCUT2D eigenvalue weighted by Crippen LogP contribution is -2.44. The normalized spacial score (nSPS) is 26.1. The van der Waals surface area contributed by atoms with Crippen molar-refractivity contribution in [1.29, 1.82) is 0 Å². The zero-order valence-corrected chi connectivity index (χ0v) is 11.6. The van der Waals surface area contributed by atoms with Crippen LogP contribution in [-0.4, -0.2) is 40.4 Å². The fraction of sp³-hybridized carbons (Fsp3) is 0.714. The van der Waals surface area contributed by atoms with E-state index in [0.29, 0.717) is 12.2 Å². The third kappa shape index (κ3) is 2.58. The highest BCUT2D eigenvalue weighted by molar-refractivity contribution is 5.94. The summed E-state index contributed by atoms with van der Waals surface area (Å²) in [5.41, 5.74) is 2.57. The number of nitrogens with zero attached hydrogens (tertiary/aromatic N) is 1. The Kier molecular flexibility index (Phi) is 4.03. The molecule has 6 heteroatoms. The van der Waals surface area contributed by atoms with Crippen molar-refractivity contribution in [3.8, 4) is 0 Å². The first kappa shape index (κ1) is 13.6. The molecule has 2 aliphatic rings. The summed E-state index contributed by atoms with van der Waals surface area (Å²) >= 11 is 0. The Morgan fingerprint density at radius 1 is 1.40 bits per heavy atom. The third-order valence-corrected chi connectivity index (χ3v) is 4.48. The van der Waals surface area contributed by atoms with E-state index in [1.54, 1.807) is 0 Å². The van der Waals surface area contributed by atoms with E-state index in [9.17, 15) is 9.90 Å². The molecule has 2 heterocycles. The molecule has 2 unspecified atom stereocenters. The van der Waals surface area contributed by atoms with Crippen LogP contribution >= 0.6 is 0 Å². The average molecular weight is 278 g/mol. The maximum atomic E-state index is 12.4. The number of nitrogens with one attached hydrogen (secondary N) is 3. The van der Waals surface area contributed by atoms with Gasteiger partial charge < -0.3 is 15.7 Å². The lowest BCUT2D eigenvalue weighted by atomic mass is 9.85. The maximum absolute atomic E-state index is 12.4. The molecule has 1 amide bonds. The summed E-state index contributed by atoms with van der Waals surface area (Å²) in [6, 6.07) is 0.0742. The molecule has 0 radical (unpaired) electrons. The lowest BCUT2D eigenvalue weighted by molar-refractivity contribution is 0.0866.